The summed E-state index contributed by atoms with van der Waals surface area (Å²) >= 11 is 1.23. The van der Waals surface area contributed by atoms with E-state index in [0.29, 0.717) is 10.8 Å². The minimum Gasteiger partial charge on any atom is -0.548 e. The number of aliphatic carboxylic acids is 1. The Morgan fingerprint density at radius 3 is 2.77 bits per heavy atom. The standard InChI is InChI=1S/C11H14N4O5S.K/c1-5-9(10(19)15(5)20-3-8(17)18)14-7(16)2-6-4-21-11(12)13-6;/h4-5,9H,2-3H2,1H3,(H2,12,13)(H,14,16)(H,17,18);/q;+1/p-1/t5-,9-;/m0./s1. The van der Waals surface area contributed by atoms with E-state index < -0.39 is 30.6 Å². The molecule has 1 fully saturated rings. The number of thiazole rings is 1. The first kappa shape index (κ1) is 19.5. The molecule has 2 amide bonds. The van der Waals surface area contributed by atoms with Crippen molar-refractivity contribution in [1.29, 1.82) is 0 Å². The van der Waals surface area contributed by atoms with Crippen LogP contribution in [0.25, 0.3) is 0 Å². The van der Waals surface area contributed by atoms with Crippen LogP contribution in [0.3, 0.4) is 0 Å². The third-order valence-electron chi connectivity index (χ3n) is 2.88. The number of nitrogens with one attached hydrogen (secondary N) is 1. The molecule has 2 heterocycles. The van der Waals surface area contributed by atoms with Gasteiger partial charge in [0.1, 0.15) is 12.6 Å². The maximum atomic E-state index is 11.8. The molecule has 1 aromatic rings. The summed E-state index contributed by atoms with van der Waals surface area (Å²) in [6.07, 6.45) is 0.0180. The molecule has 3 N–H and O–H groups in total. The minimum absolute atomic E-state index is 0. The van der Waals surface area contributed by atoms with E-state index in [1.54, 1.807) is 12.3 Å². The largest absolute Gasteiger partial charge is 1.00 e. The number of anilines is 1. The van der Waals surface area contributed by atoms with Crippen LogP contribution in [0.2, 0.25) is 0 Å². The Bertz CT molecular complexity index is 581. The van der Waals surface area contributed by atoms with E-state index in [0.717, 1.165) is 5.06 Å². The smallest absolute Gasteiger partial charge is 0.548 e. The topological polar surface area (TPSA) is 138 Å². The second kappa shape index (κ2) is 8.33. The van der Waals surface area contributed by atoms with E-state index in [9.17, 15) is 19.5 Å². The molecule has 1 saturated heterocycles. The zero-order valence-electron chi connectivity index (χ0n) is 12.1. The average molecular weight is 352 g/mol. The normalized spacial score (nSPS) is 20.0. The number of amides is 2. The van der Waals surface area contributed by atoms with Gasteiger partial charge in [-0.15, -0.1) is 11.3 Å². The summed E-state index contributed by atoms with van der Waals surface area (Å²) in [5.41, 5.74) is 5.99. The molecule has 2 rings (SSSR count). The Kier molecular flexibility index (Phi) is 7.38. The van der Waals surface area contributed by atoms with Crippen molar-refractivity contribution in [3.8, 4) is 0 Å². The number of nitrogens with zero attached hydrogens (tertiary/aromatic N) is 2. The second-order valence-corrected chi connectivity index (χ2v) is 5.34. The molecule has 0 saturated carbocycles. The van der Waals surface area contributed by atoms with Gasteiger partial charge in [0, 0.05) is 5.38 Å². The van der Waals surface area contributed by atoms with Gasteiger partial charge >= 0.3 is 51.4 Å². The van der Waals surface area contributed by atoms with Crippen molar-refractivity contribution in [2.24, 2.45) is 0 Å². The molecule has 1 aromatic heterocycles. The van der Waals surface area contributed by atoms with Crippen molar-refractivity contribution in [2.75, 3.05) is 12.3 Å². The number of carbonyl (C=O) groups excluding carboxylic acids is 3. The van der Waals surface area contributed by atoms with Crippen molar-refractivity contribution < 1.29 is 75.7 Å². The van der Waals surface area contributed by atoms with Crippen molar-refractivity contribution in [1.82, 2.24) is 15.4 Å². The molecule has 0 spiro atoms. The minimum atomic E-state index is -1.43. The molecule has 1 aliphatic rings. The van der Waals surface area contributed by atoms with Crippen LogP contribution >= 0.6 is 11.3 Å². The van der Waals surface area contributed by atoms with Gasteiger partial charge in [0.05, 0.1) is 24.1 Å². The number of hydrogen-bond acceptors (Lipinski definition) is 8. The van der Waals surface area contributed by atoms with Crippen molar-refractivity contribution >= 4 is 34.3 Å². The van der Waals surface area contributed by atoms with E-state index in [-0.39, 0.29) is 63.7 Å². The van der Waals surface area contributed by atoms with Crippen LogP contribution in [0, 0.1) is 0 Å². The number of β-lactam (4-membered cyclic amide) rings is 1. The van der Waals surface area contributed by atoms with Crippen LogP contribution in [0.4, 0.5) is 5.13 Å². The van der Waals surface area contributed by atoms with Gasteiger partial charge in [-0.3, -0.25) is 14.4 Å². The maximum Gasteiger partial charge on any atom is 1.00 e. The van der Waals surface area contributed by atoms with Gasteiger partial charge in [0.15, 0.2) is 5.13 Å². The Hall–Kier alpha value is -0.564. The average Bonchev–Trinajstić information content (AvgIpc) is 2.81. The number of carbonyl (C=O) groups is 3. The van der Waals surface area contributed by atoms with Gasteiger partial charge in [-0.2, -0.15) is 0 Å². The number of hydrogen-bond donors (Lipinski definition) is 2. The fourth-order valence-corrected chi connectivity index (χ4v) is 2.44. The van der Waals surface area contributed by atoms with Gasteiger partial charge < -0.3 is 21.0 Å². The quantitative estimate of drug-likeness (QED) is 0.385. The monoisotopic (exact) mass is 352 g/mol. The third-order valence-corrected chi connectivity index (χ3v) is 3.61. The molecular weight excluding hydrogens is 339 g/mol. The predicted molar refractivity (Wildman–Crippen MR) is 69.4 cm³/mol. The fourth-order valence-electron chi connectivity index (χ4n) is 1.88. The molecule has 0 bridgehead atoms. The molecule has 114 valence electrons. The summed E-state index contributed by atoms with van der Waals surface area (Å²) in [6.45, 7) is 0.914. The van der Waals surface area contributed by atoms with E-state index in [4.69, 9.17) is 10.6 Å². The number of aromatic nitrogens is 1. The number of nitrogens with two attached hydrogens (primary N) is 1. The molecule has 9 nitrogen and oxygen atoms in total. The molecule has 1 aliphatic heterocycles. The van der Waals surface area contributed by atoms with Gasteiger partial charge in [0.2, 0.25) is 5.91 Å². The molecule has 0 aliphatic carbocycles. The third kappa shape index (κ3) is 4.71. The Morgan fingerprint density at radius 1 is 1.59 bits per heavy atom. The van der Waals surface area contributed by atoms with Crippen LogP contribution in [0.1, 0.15) is 12.6 Å². The van der Waals surface area contributed by atoms with Crippen molar-refractivity contribution in [2.45, 2.75) is 25.4 Å². The first-order valence-corrected chi connectivity index (χ1v) is 6.91. The summed E-state index contributed by atoms with van der Waals surface area (Å²) in [5.74, 6) is -2.30. The maximum absolute atomic E-state index is 11.8. The zero-order chi connectivity index (χ0) is 15.6. The SMILES string of the molecule is C[C@H]1[C@H](NC(=O)Cc2csc(N)n2)C(=O)N1OCC(=O)[O-].[K+]. The second-order valence-electron chi connectivity index (χ2n) is 4.45. The van der Waals surface area contributed by atoms with E-state index in [2.05, 4.69) is 10.3 Å². The van der Waals surface area contributed by atoms with Gasteiger partial charge in [-0.25, -0.2) is 10.0 Å². The van der Waals surface area contributed by atoms with Crippen LogP contribution in [-0.4, -0.2) is 46.5 Å². The predicted octanol–water partition coefficient (Wildman–Crippen LogP) is -5.33. The van der Waals surface area contributed by atoms with Crippen LogP contribution in [-0.2, 0) is 25.6 Å². The molecule has 0 radical (unpaired) electrons. The van der Waals surface area contributed by atoms with Gasteiger partial charge in [-0.1, -0.05) is 0 Å². The molecule has 0 aromatic carbocycles. The van der Waals surface area contributed by atoms with Gasteiger partial charge in [0.25, 0.3) is 5.91 Å². The Labute approximate surface area is 172 Å². The van der Waals surface area contributed by atoms with Gasteiger partial charge in [-0.05, 0) is 6.92 Å². The fraction of sp³-hybridized carbons (Fsp3) is 0.455. The number of nitrogen functional groups attached to an aromatic ring is 1. The summed E-state index contributed by atoms with van der Waals surface area (Å²) in [6, 6.07) is -1.20. The summed E-state index contributed by atoms with van der Waals surface area (Å²) < 4.78 is 0. The van der Waals surface area contributed by atoms with Crippen LogP contribution < -0.4 is 67.5 Å². The summed E-state index contributed by atoms with van der Waals surface area (Å²) in [5, 5.41) is 15.7. The van der Waals surface area contributed by atoms with E-state index in [1.165, 1.54) is 11.3 Å². The number of carboxylic acid groups (broad SMARTS) is 1. The Morgan fingerprint density at radius 2 is 2.27 bits per heavy atom. The van der Waals surface area contributed by atoms with E-state index in [1.807, 2.05) is 0 Å². The molecular formula is C11H13KN4O5S. The number of carboxylic acids is 1. The van der Waals surface area contributed by atoms with Crippen LogP contribution in [0.15, 0.2) is 5.38 Å². The molecule has 2 atom stereocenters. The first-order chi connectivity index (χ1) is 9.88. The number of rotatable bonds is 6. The number of hydroxylamine groups is 2. The van der Waals surface area contributed by atoms with Crippen molar-refractivity contribution in [3.05, 3.63) is 11.1 Å². The summed E-state index contributed by atoms with van der Waals surface area (Å²) in [7, 11) is 0. The summed E-state index contributed by atoms with van der Waals surface area (Å²) in [4.78, 5) is 42.5. The van der Waals surface area contributed by atoms with Crippen molar-refractivity contribution in [3.63, 3.8) is 0 Å². The van der Waals surface area contributed by atoms with Crippen LogP contribution in [0.5, 0.6) is 0 Å². The molecule has 0 unspecified atom stereocenters. The van der Waals surface area contributed by atoms with E-state index >= 15 is 0 Å². The Balaban J connectivity index is 0.00000242. The molecule has 11 heteroatoms. The first-order valence-electron chi connectivity index (χ1n) is 6.03. The zero-order valence-corrected chi connectivity index (χ0v) is 16.0. The molecule has 22 heavy (non-hydrogen) atoms.